The van der Waals surface area contributed by atoms with E-state index in [4.69, 9.17) is 0 Å². The molecule has 0 bridgehead atoms. The van der Waals surface area contributed by atoms with Crippen LogP contribution >= 0.6 is 11.8 Å². The highest BCUT2D eigenvalue weighted by Crippen LogP contribution is 2.34. The first-order valence-electron chi connectivity index (χ1n) is 4.50. The number of benzene rings is 1. The Balaban J connectivity index is 2.38. The fourth-order valence-corrected chi connectivity index (χ4v) is 2.24. The Morgan fingerprint density at radius 3 is 3.15 bits per heavy atom. The molecule has 13 heavy (non-hydrogen) atoms. The lowest BCUT2D eigenvalue weighted by Gasteiger charge is -2.19. The van der Waals surface area contributed by atoms with E-state index in [0.29, 0.717) is 0 Å². The van der Waals surface area contributed by atoms with E-state index in [1.807, 2.05) is 11.8 Å². The van der Waals surface area contributed by atoms with E-state index in [1.165, 1.54) is 16.1 Å². The summed E-state index contributed by atoms with van der Waals surface area (Å²) >= 11 is 1.85. The van der Waals surface area contributed by atoms with Crippen molar-refractivity contribution in [3.8, 4) is 0 Å². The number of hydrogen-bond acceptors (Lipinski definition) is 2. The summed E-state index contributed by atoms with van der Waals surface area (Å²) < 4.78 is 0. The van der Waals surface area contributed by atoms with Gasteiger partial charge in [-0.15, -0.1) is 11.8 Å². The van der Waals surface area contributed by atoms with Crippen LogP contribution in [0.2, 0.25) is 0 Å². The molecule has 1 heterocycles. The highest BCUT2D eigenvalue weighted by atomic mass is 32.2. The fourth-order valence-electron chi connectivity index (χ4n) is 1.41. The molecule has 1 aromatic rings. The van der Waals surface area contributed by atoms with Gasteiger partial charge in [0, 0.05) is 16.3 Å². The largest absolute Gasteiger partial charge is 0.358 e. The zero-order valence-electron chi connectivity index (χ0n) is 7.76. The zero-order chi connectivity index (χ0) is 9.26. The van der Waals surface area contributed by atoms with Crippen LogP contribution in [-0.2, 0) is 6.42 Å². The van der Waals surface area contributed by atoms with Crippen LogP contribution < -0.4 is 5.32 Å². The van der Waals surface area contributed by atoms with Crippen molar-refractivity contribution < 1.29 is 0 Å². The Hall–Kier alpha value is -0.890. The minimum atomic E-state index is 0.985. The minimum Gasteiger partial charge on any atom is -0.358 e. The molecule has 1 aliphatic heterocycles. The van der Waals surface area contributed by atoms with Crippen molar-refractivity contribution in [2.75, 3.05) is 11.1 Å². The number of thioether (sulfide) groups is 1. The molecular formula is C11H13NS. The van der Waals surface area contributed by atoms with E-state index in [9.17, 15) is 0 Å². The summed E-state index contributed by atoms with van der Waals surface area (Å²) in [5.41, 5.74) is 3.70. The van der Waals surface area contributed by atoms with Gasteiger partial charge in [0.25, 0.3) is 0 Å². The molecule has 0 aliphatic carbocycles. The molecule has 2 heteroatoms. The lowest BCUT2D eigenvalue weighted by Crippen LogP contribution is -2.07. The summed E-state index contributed by atoms with van der Waals surface area (Å²) in [6.07, 6.45) is 1.09. The van der Waals surface area contributed by atoms with Crippen LogP contribution in [0, 0.1) is 0 Å². The SMILES string of the molecule is C=C1CSc2ccc(CC)cc2N1. The van der Waals surface area contributed by atoms with E-state index >= 15 is 0 Å². The van der Waals surface area contributed by atoms with Crippen LogP contribution in [0.25, 0.3) is 0 Å². The molecule has 1 nitrogen and oxygen atoms in total. The second kappa shape index (κ2) is 3.46. The van der Waals surface area contributed by atoms with Crippen molar-refractivity contribution in [1.82, 2.24) is 0 Å². The summed E-state index contributed by atoms with van der Waals surface area (Å²) in [5, 5.41) is 3.32. The standard InChI is InChI=1S/C11H13NS/c1-3-9-4-5-11-10(6-9)12-8(2)7-13-11/h4-6,12H,2-3,7H2,1H3. The number of anilines is 1. The molecule has 0 radical (unpaired) electrons. The van der Waals surface area contributed by atoms with E-state index in [-0.39, 0.29) is 0 Å². The zero-order valence-corrected chi connectivity index (χ0v) is 8.58. The average Bonchev–Trinajstić information content (AvgIpc) is 2.16. The third-order valence-electron chi connectivity index (χ3n) is 2.17. The average molecular weight is 191 g/mol. The van der Waals surface area contributed by atoms with Gasteiger partial charge in [-0.25, -0.2) is 0 Å². The first kappa shape index (κ1) is 8.70. The predicted molar refractivity (Wildman–Crippen MR) is 59.3 cm³/mol. The smallest absolute Gasteiger partial charge is 0.0522 e. The molecule has 2 rings (SSSR count). The van der Waals surface area contributed by atoms with E-state index < -0.39 is 0 Å². The molecule has 0 fully saturated rings. The van der Waals surface area contributed by atoms with E-state index in [1.54, 1.807) is 0 Å². The monoisotopic (exact) mass is 191 g/mol. The summed E-state index contributed by atoms with van der Waals surface area (Å²) in [4.78, 5) is 1.34. The molecule has 0 aromatic heterocycles. The Kier molecular flexibility index (Phi) is 2.32. The van der Waals surface area contributed by atoms with Crippen molar-refractivity contribution in [3.05, 3.63) is 36.0 Å². The topological polar surface area (TPSA) is 12.0 Å². The maximum absolute atomic E-state index is 3.94. The molecule has 0 saturated heterocycles. The summed E-state index contributed by atoms with van der Waals surface area (Å²) in [7, 11) is 0. The molecule has 0 unspecified atom stereocenters. The molecule has 0 saturated carbocycles. The second-order valence-corrected chi connectivity index (χ2v) is 4.22. The van der Waals surface area contributed by atoms with Gasteiger partial charge in [0.05, 0.1) is 5.69 Å². The van der Waals surface area contributed by atoms with Crippen LogP contribution in [0.1, 0.15) is 12.5 Å². The maximum Gasteiger partial charge on any atom is 0.0522 e. The third-order valence-corrected chi connectivity index (χ3v) is 3.33. The van der Waals surface area contributed by atoms with Crippen LogP contribution in [0.3, 0.4) is 0 Å². The summed E-state index contributed by atoms with van der Waals surface area (Å²) in [6.45, 7) is 6.11. The number of aryl methyl sites for hydroxylation is 1. The minimum absolute atomic E-state index is 0.985. The van der Waals surface area contributed by atoms with E-state index in [2.05, 4.69) is 37.0 Å². The molecule has 0 atom stereocenters. The summed E-state index contributed by atoms with van der Waals surface area (Å²) in [5.74, 6) is 0.985. The van der Waals surface area contributed by atoms with Gasteiger partial charge in [-0.2, -0.15) is 0 Å². The fraction of sp³-hybridized carbons (Fsp3) is 0.273. The van der Waals surface area contributed by atoms with E-state index in [0.717, 1.165) is 17.9 Å². The molecular weight excluding hydrogens is 178 g/mol. The Morgan fingerprint density at radius 1 is 1.54 bits per heavy atom. The first-order valence-corrected chi connectivity index (χ1v) is 5.48. The highest BCUT2D eigenvalue weighted by molar-refractivity contribution is 7.99. The lowest BCUT2D eigenvalue weighted by molar-refractivity contribution is 1.13. The predicted octanol–water partition coefficient (Wildman–Crippen LogP) is 3.28. The molecule has 1 N–H and O–H groups in total. The molecule has 0 amide bonds. The van der Waals surface area contributed by atoms with Crippen LogP contribution in [0.15, 0.2) is 35.4 Å². The Labute approximate surface area is 83.2 Å². The number of nitrogens with one attached hydrogen (secondary N) is 1. The molecule has 0 spiro atoms. The molecule has 1 aliphatic rings. The number of fused-ring (bicyclic) bond motifs is 1. The third kappa shape index (κ3) is 1.73. The van der Waals surface area contributed by atoms with Crippen molar-refractivity contribution in [1.29, 1.82) is 0 Å². The number of hydrogen-bond donors (Lipinski definition) is 1. The van der Waals surface area contributed by atoms with Gasteiger partial charge in [0.15, 0.2) is 0 Å². The van der Waals surface area contributed by atoms with Crippen LogP contribution in [0.5, 0.6) is 0 Å². The van der Waals surface area contributed by atoms with Crippen molar-refractivity contribution >= 4 is 17.4 Å². The quantitative estimate of drug-likeness (QED) is 0.731. The normalized spacial score (nSPS) is 15.0. The number of rotatable bonds is 1. The lowest BCUT2D eigenvalue weighted by atomic mass is 10.1. The van der Waals surface area contributed by atoms with Gasteiger partial charge in [-0.3, -0.25) is 0 Å². The van der Waals surface area contributed by atoms with Gasteiger partial charge < -0.3 is 5.32 Å². The molecule has 1 aromatic carbocycles. The van der Waals surface area contributed by atoms with Gasteiger partial charge in [0.2, 0.25) is 0 Å². The maximum atomic E-state index is 3.94. The van der Waals surface area contributed by atoms with Gasteiger partial charge in [0.1, 0.15) is 0 Å². The van der Waals surface area contributed by atoms with Crippen molar-refractivity contribution in [3.63, 3.8) is 0 Å². The first-order chi connectivity index (χ1) is 6.29. The van der Waals surface area contributed by atoms with Gasteiger partial charge >= 0.3 is 0 Å². The summed E-state index contributed by atoms with van der Waals surface area (Å²) in [6, 6.07) is 6.60. The second-order valence-electron chi connectivity index (χ2n) is 3.20. The Morgan fingerprint density at radius 2 is 2.38 bits per heavy atom. The van der Waals surface area contributed by atoms with Gasteiger partial charge in [-0.05, 0) is 24.1 Å². The van der Waals surface area contributed by atoms with Crippen molar-refractivity contribution in [2.45, 2.75) is 18.2 Å². The van der Waals surface area contributed by atoms with Crippen LogP contribution in [-0.4, -0.2) is 5.75 Å². The van der Waals surface area contributed by atoms with Crippen LogP contribution in [0.4, 0.5) is 5.69 Å². The highest BCUT2D eigenvalue weighted by Gasteiger charge is 2.10. The van der Waals surface area contributed by atoms with Crippen molar-refractivity contribution in [2.24, 2.45) is 0 Å². The van der Waals surface area contributed by atoms with Gasteiger partial charge in [-0.1, -0.05) is 19.6 Å². The Bertz CT molecular complexity index is 344. The molecule has 68 valence electrons.